The maximum absolute atomic E-state index is 5.84. The SMILES string of the molecule is CCCC[N+](CCCC)(CCCC)CCCCCl. The number of alkyl halides is 1. The van der Waals surface area contributed by atoms with Crippen LogP contribution in [0.3, 0.4) is 0 Å². The summed E-state index contributed by atoms with van der Waals surface area (Å²) < 4.78 is 1.37. The normalized spacial score (nSPS) is 12.0. The molecule has 0 amide bonds. The van der Waals surface area contributed by atoms with E-state index in [1.54, 1.807) is 0 Å². The number of halogens is 1. The lowest BCUT2D eigenvalue weighted by atomic mass is 10.1. The van der Waals surface area contributed by atoms with E-state index in [1.165, 1.54) is 82.0 Å². The number of hydrogen-bond donors (Lipinski definition) is 0. The summed E-state index contributed by atoms with van der Waals surface area (Å²) in [6, 6.07) is 0. The largest absolute Gasteiger partial charge is 0.324 e. The molecule has 0 aliphatic carbocycles. The van der Waals surface area contributed by atoms with Crippen LogP contribution in [0.25, 0.3) is 0 Å². The zero-order valence-electron chi connectivity index (χ0n) is 13.0. The summed E-state index contributed by atoms with van der Waals surface area (Å²) in [5.74, 6) is 0.829. The molecule has 0 aromatic carbocycles. The second-order valence-electron chi connectivity index (χ2n) is 5.69. The van der Waals surface area contributed by atoms with E-state index in [0.29, 0.717) is 0 Å². The third-order valence-corrected chi connectivity index (χ3v) is 4.24. The van der Waals surface area contributed by atoms with Gasteiger partial charge in [-0.2, -0.15) is 0 Å². The Morgan fingerprint density at radius 2 is 1.00 bits per heavy atom. The molecule has 0 bridgehead atoms. The first-order valence-electron chi connectivity index (χ1n) is 8.15. The van der Waals surface area contributed by atoms with E-state index in [4.69, 9.17) is 11.6 Å². The molecule has 18 heavy (non-hydrogen) atoms. The van der Waals surface area contributed by atoms with Crippen molar-refractivity contribution >= 4 is 11.6 Å². The maximum Gasteiger partial charge on any atom is 0.0787 e. The standard InChI is InChI=1S/C16H35ClN/c1-4-7-13-18(14-8-5-2,15-9-6-3)16-11-10-12-17/h4-16H2,1-3H3/q+1. The fraction of sp³-hybridized carbons (Fsp3) is 1.00. The smallest absolute Gasteiger partial charge is 0.0787 e. The molecule has 0 aliphatic rings. The van der Waals surface area contributed by atoms with Crippen molar-refractivity contribution in [3.05, 3.63) is 0 Å². The van der Waals surface area contributed by atoms with Gasteiger partial charge in [0.2, 0.25) is 0 Å². The summed E-state index contributed by atoms with van der Waals surface area (Å²) >= 11 is 5.84. The Morgan fingerprint density at radius 1 is 0.611 bits per heavy atom. The first-order chi connectivity index (χ1) is 8.74. The van der Waals surface area contributed by atoms with Crippen LogP contribution in [-0.4, -0.2) is 36.5 Å². The molecule has 0 aromatic rings. The molecular weight excluding hydrogens is 242 g/mol. The molecule has 0 saturated carbocycles. The van der Waals surface area contributed by atoms with Crippen molar-refractivity contribution in [1.29, 1.82) is 0 Å². The van der Waals surface area contributed by atoms with Crippen molar-refractivity contribution < 1.29 is 4.48 Å². The first kappa shape index (κ1) is 18.2. The maximum atomic E-state index is 5.84. The molecule has 1 nitrogen and oxygen atoms in total. The van der Waals surface area contributed by atoms with E-state index >= 15 is 0 Å². The van der Waals surface area contributed by atoms with Crippen molar-refractivity contribution in [2.75, 3.05) is 32.1 Å². The van der Waals surface area contributed by atoms with Crippen LogP contribution in [0.1, 0.15) is 72.1 Å². The minimum absolute atomic E-state index is 0.829. The van der Waals surface area contributed by atoms with Gasteiger partial charge in [0, 0.05) is 5.88 Å². The van der Waals surface area contributed by atoms with Crippen molar-refractivity contribution in [3.63, 3.8) is 0 Å². The molecule has 0 N–H and O–H groups in total. The van der Waals surface area contributed by atoms with E-state index in [0.717, 1.165) is 5.88 Å². The predicted octanol–water partition coefficient (Wildman–Crippen LogP) is 5.22. The Morgan fingerprint density at radius 3 is 1.33 bits per heavy atom. The van der Waals surface area contributed by atoms with Crippen molar-refractivity contribution in [1.82, 2.24) is 0 Å². The van der Waals surface area contributed by atoms with E-state index in [1.807, 2.05) is 0 Å². The Labute approximate surface area is 120 Å². The summed E-state index contributed by atoms with van der Waals surface area (Å²) in [5.41, 5.74) is 0. The number of quaternary nitrogens is 1. The van der Waals surface area contributed by atoms with Crippen LogP contribution in [0.4, 0.5) is 0 Å². The lowest BCUT2D eigenvalue weighted by Crippen LogP contribution is -2.50. The molecule has 0 heterocycles. The minimum atomic E-state index is 0.829. The molecular formula is C16H35ClN+. The van der Waals surface area contributed by atoms with E-state index in [-0.39, 0.29) is 0 Å². The number of unbranched alkanes of at least 4 members (excludes halogenated alkanes) is 4. The van der Waals surface area contributed by atoms with Crippen LogP contribution in [0.5, 0.6) is 0 Å². The fourth-order valence-electron chi connectivity index (χ4n) is 2.69. The summed E-state index contributed by atoms with van der Waals surface area (Å²) in [6.45, 7) is 12.5. The van der Waals surface area contributed by atoms with Gasteiger partial charge in [-0.3, -0.25) is 0 Å². The molecule has 0 unspecified atom stereocenters. The highest BCUT2D eigenvalue weighted by Gasteiger charge is 2.24. The average Bonchev–Trinajstić information content (AvgIpc) is 2.40. The third kappa shape index (κ3) is 8.37. The Balaban J connectivity index is 4.41. The quantitative estimate of drug-likeness (QED) is 0.246. The second kappa shape index (κ2) is 12.3. The molecule has 0 aromatic heterocycles. The summed E-state index contributed by atoms with van der Waals surface area (Å²) in [5, 5.41) is 0. The van der Waals surface area contributed by atoms with Gasteiger partial charge >= 0.3 is 0 Å². The second-order valence-corrected chi connectivity index (χ2v) is 6.07. The molecule has 0 atom stereocenters. The van der Waals surface area contributed by atoms with Crippen molar-refractivity contribution in [3.8, 4) is 0 Å². The highest BCUT2D eigenvalue weighted by atomic mass is 35.5. The number of rotatable bonds is 13. The van der Waals surface area contributed by atoms with Crippen LogP contribution in [-0.2, 0) is 0 Å². The van der Waals surface area contributed by atoms with Crippen LogP contribution in [0.2, 0.25) is 0 Å². The van der Waals surface area contributed by atoms with Gasteiger partial charge in [-0.1, -0.05) is 40.0 Å². The zero-order valence-corrected chi connectivity index (χ0v) is 13.8. The van der Waals surface area contributed by atoms with Crippen LogP contribution >= 0.6 is 11.6 Å². The highest BCUT2D eigenvalue weighted by Crippen LogP contribution is 2.16. The van der Waals surface area contributed by atoms with Gasteiger partial charge in [0.25, 0.3) is 0 Å². The molecule has 0 rings (SSSR count). The molecule has 0 fully saturated rings. The summed E-state index contributed by atoms with van der Waals surface area (Å²) in [7, 11) is 0. The number of hydrogen-bond acceptors (Lipinski definition) is 0. The van der Waals surface area contributed by atoms with Gasteiger partial charge in [0.15, 0.2) is 0 Å². The molecule has 0 aliphatic heterocycles. The average molecular weight is 277 g/mol. The van der Waals surface area contributed by atoms with E-state index in [9.17, 15) is 0 Å². The van der Waals surface area contributed by atoms with Gasteiger partial charge in [-0.25, -0.2) is 0 Å². The predicted molar refractivity (Wildman–Crippen MR) is 84.4 cm³/mol. The molecule has 110 valence electrons. The minimum Gasteiger partial charge on any atom is -0.324 e. The molecule has 0 radical (unpaired) electrons. The van der Waals surface area contributed by atoms with Gasteiger partial charge < -0.3 is 4.48 Å². The summed E-state index contributed by atoms with van der Waals surface area (Å²) in [4.78, 5) is 0. The third-order valence-electron chi connectivity index (χ3n) is 3.97. The Hall–Kier alpha value is 0.250. The highest BCUT2D eigenvalue weighted by molar-refractivity contribution is 6.17. The Bertz CT molecular complexity index is 149. The molecule has 0 saturated heterocycles. The van der Waals surface area contributed by atoms with Gasteiger partial charge in [0.05, 0.1) is 26.2 Å². The lowest BCUT2D eigenvalue weighted by molar-refractivity contribution is -0.929. The fourth-order valence-corrected chi connectivity index (χ4v) is 2.88. The van der Waals surface area contributed by atoms with E-state index < -0.39 is 0 Å². The van der Waals surface area contributed by atoms with Gasteiger partial charge in [-0.15, -0.1) is 11.6 Å². The monoisotopic (exact) mass is 276 g/mol. The Kier molecular flexibility index (Phi) is 12.5. The van der Waals surface area contributed by atoms with Crippen molar-refractivity contribution in [2.24, 2.45) is 0 Å². The van der Waals surface area contributed by atoms with Crippen molar-refractivity contribution in [2.45, 2.75) is 72.1 Å². The van der Waals surface area contributed by atoms with Gasteiger partial charge in [-0.05, 0) is 32.1 Å². The zero-order chi connectivity index (χ0) is 13.7. The summed E-state index contributed by atoms with van der Waals surface area (Å²) in [6.07, 6.45) is 10.6. The van der Waals surface area contributed by atoms with Gasteiger partial charge in [0.1, 0.15) is 0 Å². The van der Waals surface area contributed by atoms with Crippen LogP contribution in [0.15, 0.2) is 0 Å². The first-order valence-corrected chi connectivity index (χ1v) is 8.69. The lowest BCUT2D eigenvalue weighted by Gasteiger charge is -2.39. The van der Waals surface area contributed by atoms with E-state index in [2.05, 4.69) is 20.8 Å². The van der Waals surface area contributed by atoms with Crippen LogP contribution in [0, 0.1) is 0 Å². The van der Waals surface area contributed by atoms with Crippen LogP contribution < -0.4 is 0 Å². The molecule has 2 heteroatoms. The number of nitrogens with zero attached hydrogens (tertiary/aromatic N) is 1. The molecule has 0 spiro atoms. The topological polar surface area (TPSA) is 0 Å².